The highest BCUT2D eigenvalue weighted by Crippen LogP contribution is 2.21. The molecule has 0 saturated heterocycles. The molecule has 0 radical (unpaired) electrons. The minimum atomic E-state index is -0.0960. The first kappa shape index (κ1) is 10.2. The summed E-state index contributed by atoms with van der Waals surface area (Å²) in [6.07, 6.45) is 2.65. The molecule has 2 aromatic heterocycles. The Bertz CT molecular complexity index is 557. The molecular formula is C9H11BrN4O. The molecule has 0 aliphatic heterocycles. The van der Waals surface area contributed by atoms with Gasteiger partial charge < -0.3 is 10.3 Å². The highest BCUT2D eigenvalue weighted by Gasteiger charge is 2.12. The van der Waals surface area contributed by atoms with Crippen LogP contribution >= 0.6 is 15.9 Å². The van der Waals surface area contributed by atoms with Gasteiger partial charge in [-0.25, -0.2) is 0 Å². The third-order valence-corrected chi connectivity index (χ3v) is 2.84. The van der Waals surface area contributed by atoms with Crippen LogP contribution in [0.4, 0.5) is 5.82 Å². The molecule has 0 bridgehead atoms. The second-order valence-corrected chi connectivity index (χ2v) is 4.19. The molecule has 0 aliphatic carbocycles. The van der Waals surface area contributed by atoms with Crippen molar-refractivity contribution in [2.75, 3.05) is 5.73 Å². The average molecular weight is 271 g/mol. The number of anilines is 1. The Kier molecular flexibility index (Phi) is 2.52. The lowest BCUT2D eigenvalue weighted by molar-refractivity contribution is 0.658. The molecule has 0 saturated carbocycles. The van der Waals surface area contributed by atoms with E-state index in [1.807, 2.05) is 6.92 Å². The van der Waals surface area contributed by atoms with Gasteiger partial charge in [0.2, 0.25) is 0 Å². The van der Waals surface area contributed by atoms with Crippen LogP contribution < -0.4 is 11.3 Å². The van der Waals surface area contributed by atoms with Crippen LogP contribution in [0.5, 0.6) is 0 Å². The van der Waals surface area contributed by atoms with E-state index >= 15 is 0 Å². The van der Waals surface area contributed by atoms with Gasteiger partial charge in [0.05, 0.1) is 9.99 Å². The van der Waals surface area contributed by atoms with Crippen molar-refractivity contribution in [3.05, 3.63) is 21.0 Å². The van der Waals surface area contributed by atoms with E-state index in [1.165, 1.54) is 0 Å². The summed E-state index contributed by atoms with van der Waals surface area (Å²) in [5.74, 6) is 0.251. The molecule has 2 aromatic rings. The van der Waals surface area contributed by atoms with Crippen molar-refractivity contribution in [1.29, 1.82) is 0 Å². The zero-order valence-electron chi connectivity index (χ0n) is 8.25. The topological polar surface area (TPSA) is 76.7 Å². The largest absolute Gasteiger partial charge is 0.382 e. The number of aromatic nitrogens is 3. The van der Waals surface area contributed by atoms with Crippen molar-refractivity contribution in [3.63, 3.8) is 0 Å². The lowest BCUT2D eigenvalue weighted by Gasteiger charge is -2.04. The molecule has 0 fully saturated rings. The smallest absolute Gasteiger partial charge is 0.263 e. The highest BCUT2D eigenvalue weighted by molar-refractivity contribution is 9.10. The average Bonchev–Trinajstić information content (AvgIpc) is 2.57. The standard InChI is InChI=1S/C9H11BrN4O/c1-2-3-14-4-5(10)7-6(9(14)15)8(11)13-12-7/h4H,2-3H2,1H3,(H3,11,12,13). The molecule has 80 valence electrons. The molecule has 0 amide bonds. The summed E-state index contributed by atoms with van der Waals surface area (Å²) < 4.78 is 2.44. The highest BCUT2D eigenvalue weighted by atomic mass is 79.9. The second-order valence-electron chi connectivity index (χ2n) is 3.33. The number of nitrogen functional groups attached to an aromatic ring is 1. The van der Waals surface area contributed by atoms with Gasteiger partial charge >= 0.3 is 0 Å². The first-order valence-corrected chi connectivity index (χ1v) is 5.47. The van der Waals surface area contributed by atoms with Gasteiger partial charge in [-0.05, 0) is 22.4 Å². The van der Waals surface area contributed by atoms with Crippen LogP contribution in [0.1, 0.15) is 13.3 Å². The van der Waals surface area contributed by atoms with Gasteiger partial charge in [0.15, 0.2) is 5.82 Å². The summed E-state index contributed by atoms with van der Waals surface area (Å²) in [6, 6.07) is 0. The lowest BCUT2D eigenvalue weighted by Crippen LogP contribution is -2.19. The number of aromatic amines is 1. The van der Waals surface area contributed by atoms with Gasteiger partial charge in [0.1, 0.15) is 5.39 Å². The zero-order chi connectivity index (χ0) is 11.0. The van der Waals surface area contributed by atoms with Crippen LogP contribution in [0, 0.1) is 0 Å². The van der Waals surface area contributed by atoms with Gasteiger partial charge in [-0.3, -0.25) is 9.89 Å². The van der Waals surface area contributed by atoms with Crippen LogP contribution in [-0.2, 0) is 6.54 Å². The SMILES string of the molecule is CCCn1cc(Br)c2[nH]nc(N)c2c1=O. The van der Waals surface area contributed by atoms with Crippen LogP contribution in [0.15, 0.2) is 15.5 Å². The summed E-state index contributed by atoms with van der Waals surface area (Å²) in [7, 11) is 0. The normalized spacial score (nSPS) is 11.1. The number of pyridine rings is 1. The van der Waals surface area contributed by atoms with Crippen molar-refractivity contribution >= 4 is 32.7 Å². The Labute approximate surface area is 94.4 Å². The monoisotopic (exact) mass is 270 g/mol. The molecule has 2 rings (SSSR count). The number of nitrogens with two attached hydrogens (primary N) is 1. The fraction of sp³-hybridized carbons (Fsp3) is 0.333. The van der Waals surface area contributed by atoms with Crippen molar-refractivity contribution in [2.24, 2.45) is 0 Å². The van der Waals surface area contributed by atoms with E-state index < -0.39 is 0 Å². The molecule has 3 N–H and O–H groups in total. The quantitative estimate of drug-likeness (QED) is 0.868. The Morgan fingerprint density at radius 3 is 3.07 bits per heavy atom. The number of H-pyrrole nitrogens is 1. The molecule has 6 heteroatoms. The van der Waals surface area contributed by atoms with Crippen LogP contribution in [0.25, 0.3) is 10.9 Å². The van der Waals surface area contributed by atoms with E-state index in [0.717, 1.165) is 10.9 Å². The number of hydrogen-bond donors (Lipinski definition) is 2. The number of halogens is 1. The predicted octanol–water partition coefficient (Wildman–Crippen LogP) is 1.48. The molecule has 2 heterocycles. The van der Waals surface area contributed by atoms with E-state index in [-0.39, 0.29) is 11.4 Å². The maximum atomic E-state index is 12.0. The minimum absolute atomic E-state index is 0.0960. The van der Waals surface area contributed by atoms with Crippen molar-refractivity contribution in [3.8, 4) is 0 Å². The maximum absolute atomic E-state index is 12.0. The number of nitrogens with one attached hydrogen (secondary N) is 1. The summed E-state index contributed by atoms with van der Waals surface area (Å²) in [5, 5.41) is 7.02. The maximum Gasteiger partial charge on any atom is 0.263 e. The Balaban J connectivity index is 2.82. The summed E-state index contributed by atoms with van der Waals surface area (Å²) in [6.45, 7) is 2.70. The van der Waals surface area contributed by atoms with Crippen LogP contribution in [-0.4, -0.2) is 14.8 Å². The molecule has 0 aliphatic rings. The first-order chi connectivity index (χ1) is 7.15. The summed E-state index contributed by atoms with van der Waals surface area (Å²) in [4.78, 5) is 12.0. The van der Waals surface area contributed by atoms with Gasteiger partial charge in [-0.1, -0.05) is 6.92 Å². The van der Waals surface area contributed by atoms with E-state index in [9.17, 15) is 4.79 Å². The molecule has 0 aromatic carbocycles. The van der Waals surface area contributed by atoms with E-state index in [1.54, 1.807) is 10.8 Å². The first-order valence-electron chi connectivity index (χ1n) is 4.67. The van der Waals surface area contributed by atoms with Crippen molar-refractivity contribution < 1.29 is 0 Å². The molecular weight excluding hydrogens is 260 g/mol. The van der Waals surface area contributed by atoms with Gasteiger partial charge in [0, 0.05) is 12.7 Å². The van der Waals surface area contributed by atoms with Crippen LogP contribution in [0.3, 0.4) is 0 Å². The molecule has 15 heavy (non-hydrogen) atoms. The number of aryl methyl sites for hydroxylation is 1. The van der Waals surface area contributed by atoms with E-state index in [2.05, 4.69) is 26.1 Å². The fourth-order valence-electron chi connectivity index (χ4n) is 1.56. The van der Waals surface area contributed by atoms with Crippen molar-refractivity contribution in [2.45, 2.75) is 19.9 Å². The van der Waals surface area contributed by atoms with Crippen molar-refractivity contribution in [1.82, 2.24) is 14.8 Å². The Hall–Kier alpha value is -1.30. The lowest BCUT2D eigenvalue weighted by atomic mass is 10.3. The molecule has 0 unspecified atom stereocenters. The Morgan fingerprint density at radius 1 is 1.67 bits per heavy atom. The minimum Gasteiger partial charge on any atom is -0.382 e. The van der Waals surface area contributed by atoms with E-state index in [0.29, 0.717) is 17.4 Å². The second kappa shape index (κ2) is 3.69. The van der Waals surface area contributed by atoms with Gasteiger partial charge in [-0.15, -0.1) is 0 Å². The third-order valence-electron chi connectivity index (χ3n) is 2.24. The number of rotatable bonds is 2. The molecule has 0 spiro atoms. The Morgan fingerprint density at radius 2 is 2.40 bits per heavy atom. The molecule has 5 nitrogen and oxygen atoms in total. The summed E-state index contributed by atoms with van der Waals surface area (Å²) in [5.41, 5.74) is 6.20. The van der Waals surface area contributed by atoms with E-state index in [4.69, 9.17) is 5.73 Å². The summed E-state index contributed by atoms with van der Waals surface area (Å²) >= 11 is 3.38. The van der Waals surface area contributed by atoms with Gasteiger partial charge in [-0.2, -0.15) is 5.10 Å². The number of fused-ring (bicyclic) bond motifs is 1. The number of hydrogen-bond acceptors (Lipinski definition) is 3. The molecule has 0 atom stereocenters. The van der Waals surface area contributed by atoms with Gasteiger partial charge in [0.25, 0.3) is 5.56 Å². The fourth-order valence-corrected chi connectivity index (χ4v) is 2.09. The predicted molar refractivity (Wildman–Crippen MR) is 62.8 cm³/mol. The third kappa shape index (κ3) is 1.54. The number of nitrogens with zero attached hydrogens (tertiary/aromatic N) is 2. The van der Waals surface area contributed by atoms with Crippen LogP contribution in [0.2, 0.25) is 0 Å². The zero-order valence-corrected chi connectivity index (χ0v) is 9.84.